The van der Waals surface area contributed by atoms with Crippen LogP contribution >= 0.6 is 23.2 Å². The fraction of sp³-hybridized carbons (Fsp3) is 0.556. The van der Waals surface area contributed by atoms with E-state index in [1.807, 2.05) is 13.8 Å². The monoisotopic (exact) mass is 354 g/mol. The zero-order chi connectivity index (χ0) is 16.8. The molecule has 1 aliphatic carbocycles. The summed E-state index contributed by atoms with van der Waals surface area (Å²) in [6.45, 7) is 3.68. The highest BCUT2D eigenvalue weighted by Crippen LogP contribution is 2.53. The molecule has 1 spiro atoms. The first-order valence-corrected chi connectivity index (χ1v) is 8.75. The molecule has 0 aromatic heterocycles. The third kappa shape index (κ3) is 2.58. The van der Waals surface area contributed by atoms with E-state index in [9.17, 15) is 9.59 Å². The second-order valence-corrected chi connectivity index (χ2v) is 7.99. The van der Waals surface area contributed by atoms with Crippen molar-refractivity contribution in [1.82, 2.24) is 0 Å². The van der Waals surface area contributed by atoms with Crippen LogP contribution in [0.15, 0.2) is 18.2 Å². The molecule has 0 N–H and O–H groups in total. The van der Waals surface area contributed by atoms with Gasteiger partial charge in [-0.25, -0.2) is 0 Å². The summed E-state index contributed by atoms with van der Waals surface area (Å²) < 4.78 is 5.78. The Balaban J connectivity index is 2.02. The molecule has 5 heteroatoms. The van der Waals surface area contributed by atoms with Crippen molar-refractivity contribution in [2.45, 2.75) is 52.1 Å². The fourth-order valence-electron chi connectivity index (χ4n) is 3.95. The smallest absolute Gasteiger partial charge is 0.320 e. The molecule has 2 fully saturated rings. The molecule has 2 aliphatic rings. The van der Waals surface area contributed by atoms with E-state index in [0.717, 1.165) is 19.3 Å². The number of cyclic esters (lactones) is 1. The number of carbonyl (C=O) groups is 2. The van der Waals surface area contributed by atoms with Gasteiger partial charge in [0, 0.05) is 15.6 Å². The summed E-state index contributed by atoms with van der Waals surface area (Å²) in [5.74, 6) is -0.408. The van der Waals surface area contributed by atoms with Crippen molar-refractivity contribution in [3.63, 3.8) is 0 Å². The van der Waals surface area contributed by atoms with Crippen LogP contribution < -0.4 is 0 Å². The van der Waals surface area contributed by atoms with Gasteiger partial charge in [-0.15, -0.1) is 0 Å². The number of Topliss-reactive ketones (excluding diaryl/α,β-unsaturated/α-hetero) is 1. The summed E-state index contributed by atoms with van der Waals surface area (Å²) in [5.41, 5.74) is -1.15. The molecular formula is C18H20Cl2O3. The lowest BCUT2D eigenvalue weighted by atomic mass is 9.60. The van der Waals surface area contributed by atoms with Gasteiger partial charge in [-0.2, -0.15) is 0 Å². The lowest BCUT2D eigenvalue weighted by molar-refractivity contribution is -0.192. The molecule has 1 aliphatic heterocycles. The zero-order valence-corrected chi connectivity index (χ0v) is 14.8. The Morgan fingerprint density at radius 2 is 1.74 bits per heavy atom. The second-order valence-electron chi connectivity index (χ2n) is 7.14. The molecule has 124 valence electrons. The maximum atomic E-state index is 13.2. The molecule has 1 saturated carbocycles. The highest BCUT2D eigenvalue weighted by molar-refractivity contribution is 6.35. The normalized spacial score (nSPS) is 26.2. The molecule has 0 amide bonds. The van der Waals surface area contributed by atoms with E-state index in [-0.39, 0.29) is 5.78 Å². The van der Waals surface area contributed by atoms with Gasteiger partial charge in [-0.05, 0) is 38.8 Å². The van der Waals surface area contributed by atoms with Gasteiger partial charge in [0.05, 0.1) is 5.41 Å². The van der Waals surface area contributed by atoms with Crippen LogP contribution in [0.25, 0.3) is 0 Å². The number of hydrogen-bond acceptors (Lipinski definition) is 3. The average molecular weight is 355 g/mol. The molecule has 1 aromatic carbocycles. The average Bonchev–Trinajstić information content (AvgIpc) is 2.51. The van der Waals surface area contributed by atoms with E-state index in [2.05, 4.69) is 0 Å². The fourth-order valence-corrected chi connectivity index (χ4v) is 4.46. The van der Waals surface area contributed by atoms with Gasteiger partial charge in [0.15, 0.2) is 5.78 Å². The zero-order valence-electron chi connectivity index (χ0n) is 13.3. The SMILES string of the molecule is CC1(C)C(=O)C2(CCCCC2)C(=O)O[C@@H]1c1ccc(Cl)cc1Cl. The third-order valence-corrected chi connectivity index (χ3v) is 5.81. The van der Waals surface area contributed by atoms with Crippen molar-refractivity contribution in [3.05, 3.63) is 33.8 Å². The number of hydrogen-bond donors (Lipinski definition) is 0. The van der Waals surface area contributed by atoms with E-state index in [4.69, 9.17) is 27.9 Å². The summed E-state index contributed by atoms with van der Waals surface area (Å²) >= 11 is 12.2. The summed E-state index contributed by atoms with van der Waals surface area (Å²) in [6, 6.07) is 5.04. The highest BCUT2D eigenvalue weighted by atomic mass is 35.5. The van der Waals surface area contributed by atoms with Gasteiger partial charge < -0.3 is 4.74 Å². The molecule has 0 radical (unpaired) electrons. The van der Waals surface area contributed by atoms with Crippen LogP contribution in [0.5, 0.6) is 0 Å². The van der Waals surface area contributed by atoms with E-state index >= 15 is 0 Å². The summed E-state index contributed by atoms with van der Waals surface area (Å²) in [7, 11) is 0. The Morgan fingerprint density at radius 1 is 1.09 bits per heavy atom. The molecule has 1 saturated heterocycles. The Kier molecular flexibility index (Phi) is 4.22. The van der Waals surface area contributed by atoms with Crippen molar-refractivity contribution in [3.8, 4) is 0 Å². The third-order valence-electron chi connectivity index (χ3n) is 5.24. The van der Waals surface area contributed by atoms with Crippen molar-refractivity contribution >= 4 is 35.0 Å². The lowest BCUT2D eigenvalue weighted by Crippen LogP contribution is -2.55. The number of ether oxygens (including phenoxy) is 1. The Hall–Kier alpha value is -1.06. The first-order chi connectivity index (χ1) is 10.8. The number of esters is 1. The largest absolute Gasteiger partial charge is 0.456 e. The molecule has 0 unspecified atom stereocenters. The van der Waals surface area contributed by atoms with Crippen LogP contribution in [-0.2, 0) is 14.3 Å². The summed E-state index contributed by atoms with van der Waals surface area (Å²) in [4.78, 5) is 25.9. The van der Waals surface area contributed by atoms with Crippen molar-refractivity contribution in [2.75, 3.05) is 0 Å². The van der Waals surface area contributed by atoms with Crippen LogP contribution in [0, 0.1) is 10.8 Å². The highest BCUT2D eigenvalue weighted by Gasteiger charge is 2.60. The van der Waals surface area contributed by atoms with Crippen LogP contribution in [0.4, 0.5) is 0 Å². The summed E-state index contributed by atoms with van der Waals surface area (Å²) in [5, 5.41) is 0.921. The Morgan fingerprint density at radius 3 is 2.35 bits per heavy atom. The predicted molar refractivity (Wildman–Crippen MR) is 89.6 cm³/mol. The molecule has 0 bridgehead atoms. The van der Waals surface area contributed by atoms with E-state index < -0.39 is 22.9 Å². The number of rotatable bonds is 1. The molecule has 1 atom stereocenters. The number of benzene rings is 1. The van der Waals surface area contributed by atoms with Gasteiger partial charge in [-0.3, -0.25) is 9.59 Å². The molecule has 1 heterocycles. The van der Waals surface area contributed by atoms with Crippen LogP contribution in [-0.4, -0.2) is 11.8 Å². The molecule has 1 aromatic rings. The Bertz CT molecular complexity index is 660. The van der Waals surface area contributed by atoms with Crippen LogP contribution in [0.1, 0.15) is 57.6 Å². The van der Waals surface area contributed by atoms with Gasteiger partial charge in [-0.1, -0.05) is 48.5 Å². The van der Waals surface area contributed by atoms with Crippen molar-refractivity contribution < 1.29 is 14.3 Å². The minimum absolute atomic E-state index is 0.0167. The molecule has 23 heavy (non-hydrogen) atoms. The molecule has 3 rings (SSSR count). The number of carbonyl (C=O) groups excluding carboxylic acids is 2. The minimum atomic E-state index is -0.961. The van der Waals surface area contributed by atoms with E-state index in [1.165, 1.54) is 0 Å². The maximum Gasteiger partial charge on any atom is 0.320 e. The molecule has 3 nitrogen and oxygen atoms in total. The van der Waals surface area contributed by atoms with E-state index in [0.29, 0.717) is 28.5 Å². The lowest BCUT2D eigenvalue weighted by Gasteiger charge is -2.47. The van der Waals surface area contributed by atoms with Gasteiger partial charge in [0.2, 0.25) is 0 Å². The van der Waals surface area contributed by atoms with Crippen LogP contribution in [0.2, 0.25) is 10.0 Å². The predicted octanol–water partition coefficient (Wildman–Crippen LogP) is 5.14. The van der Waals surface area contributed by atoms with E-state index in [1.54, 1.807) is 18.2 Å². The van der Waals surface area contributed by atoms with Crippen LogP contribution in [0.3, 0.4) is 0 Å². The summed E-state index contributed by atoms with van der Waals surface area (Å²) in [6.07, 6.45) is 3.35. The van der Waals surface area contributed by atoms with Gasteiger partial charge >= 0.3 is 5.97 Å². The van der Waals surface area contributed by atoms with Crippen molar-refractivity contribution in [2.24, 2.45) is 10.8 Å². The quantitative estimate of drug-likeness (QED) is 0.518. The first kappa shape index (κ1) is 16.8. The van der Waals surface area contributed by atoms with Gasteiger partial charge in [0.1, 0.15) is 11.5 Å². The molecular weight excluding hydrogens is 335 g/mol. The number of ketones is 1. The minimum Gasteiger partial charge on any atom is -0.456 e. The maximum absolute atomic E-state index is 13.2. The Labute approximate surface area is 146 Å². The topological polar surface area (TPSA) is 43.4 Å². The second kappa shape index (κ2) is 5.78. The standard InChI is InChI=1S/C18H20Cl2O3/c1-17(2)14(12-7-6-11(19)10-13(12)20)23-16(22)18(15(17)21)8-4-3-5-9-18/h6-7,10,14H,3-5,8-9H2,1-2H3/t14-/m1/s1. The number of halogens is 2. The van der Waals surface area contributed by atoms with Gasteiger partial charge in [0.25, 0.3) is 0 Å². The first-order valence-electron chi connectivity index (χ1n) is 8.00. The van der Waals surface area contributed by atoms with Crippen molar-refractivity contribution in [1.29, 1.82) is 0 Å².